The van der Waals surface area contributed by atoms with Crippen molar-refractivity contribution in [2.45, 2.75) is 32.4 Å². The van der Waals surface area contributed by atoms with Crippen LogP contribution in [0.25, 0.3) is 0 Å². The Kier molecular flexibility index (Phi) is 3.30. The van der Waals surface area contributed by atoms with E-state index in [4.69, 9.17) is 4.74 Å². The minimum absolute atomic E-state index is 0.0403. The van der Waals surface area contributed by atoms with Gasteiger partial charge in [-0.2, -0.15) is 0 Å². The van der Waals surface area contributed by atoms with E-state index in [1.54, 1.807) is 19.2 Å². The van der Waals surface area contributed by atoms with Crippen molar-refractivity contribution in [1.82, 2.24) is 5.32 Å². The third kappa shape index (κ3) is 2.20. The summed E-state index contributed by atoms with van der Waals surface area (Å²) < 4.78 is 5.35. The Labute approximate surface area is 107 Å². The van der Waals surface area contributed by atoms with Crippen LogP contribution in [0.15, 0.2) is 24.3 Å². The molecule has 1 aliphatic carbocycles. The molecular formula is C14H19NO3. The average molecular weight is 249 g/mol. The second-order valence-corrected chi connectivity index (χ2v) is 5.35. The molecule has 0 aromatic heterocycles. The number of carbonyl (C=O) groups is 1. The average Bonchev–Trinajstić information content (AvgIpc) is 2.34. The molecule has 0 bridgehead atoms. The molecule has 1 saturated carbocycles. The second-order valence-electron chi connectivity index (χ2n) is 5.35. The number of hydrogen-bond acceptors (Lipinski definition) is 3. The van der Waals surface area contributed by atoms with Gasteiger partial charge in [-0.1, -0.05) is 13.8 Å². The summed E-state index contributed by atoms with van der Waals surface area (Å²) in [5.41, 5.74) is 0.519. The van der Waals surface area contributed by atoms with E-state index in [0.717, 1.165) is 6.42 Å². The molecule has 98 valence electrons. The molecule has 1 aliphatic rings. The number of hydrogen-bond donors (Lipinski definition) is 2. The highest BCUT2D eigenvalue weighted by molar-refractivity contribution is 5.94. The maximum absolute atomic E-state index is 12.0. The van der Waals surface area contributed by atoms with Crippen molar-refractivity contribution in [2.24, 2.45) is 5.41 Å². The number of phenols is 1. The Hall–Kier alpha value is -1.55. The van der Waals surface area contributed by atoms with Gasteiger partial charge < -0.3 is 15.2 Å². The van der Waals surface area contributed by atoms with Gasteiger partial charge in [0.1, 0.15) is 5.75 Å². The zero-order chi connectivity index (χ0) is 13.3. The highest BCUT2D eigenvalue weighted by atomic mass is 16.5. The van der Waals surface area contributed by atoms with Crippen LogP contribution >= 0.6 is 0 Å². The summed E-state index contributed by atoms with van der Waals surface area (Å²) in [4.78, 5) is 12.0. The van der Waals surface area contributed by atoms with E-state index in [0.29, 0.717) is 5.56 Å². The van der Waals surface area contributed by atoms with Gasteiger partial charge in [-0.25, -0.2) is 0 Å². The molecule has 0 spiro atoms. The molecule has 0 aliphatic heterocycles. The maximum Gasteiger partial charge on any atom is 0.251 e. The summed E-state index contributed by atoms with van der Waals surface area (Å²) in [7, 11) is 1.70. The standard InChI is InChI=1S/C14H19NO3/c1-14(2)11(8-12(14)18-3)15-13(17)9-4-6-10(16)7-5-9/h4-7,11-12,16H,8H2,1-3H3,(H,15,17). The van der Waals surface area contributed by atoms with E-state index in [2.05, 4.69) is 19.2 Å². The van der Waals surface area contributed by atoms with Crippen molar-refractivity contribution in [3.8, 4) is 5.75 Å². The fourth-order valence-corrected chi connectivity index (χ4v) is 2.38. The van der Waals surface area contributed by atoms with E-state index in [1.165, 1.54) is 12.1 Å². The topological polar surface area (TPSA) is 58.6 Å². The largest absolute Gasteiger partial charge is 0.508 e. The Bertz CT molecular complexity index is 439. The van der Waals surface area contributed by atoms with Crippen LogP contribution in [-0.2, 0) is 4.74 Å². The van der Waals surface area contributed by atoms with E-state index < -0.39 is 0 Å². The first kappa shape index (κ1) is 12.9. The number of carbonyl (C=O) groups excluding carboxylic acids is 1. The number of amides is 1. The Morgan fingerprint density at radius 1 is 1.39 bits per heavy atom. The smallest absolute Gasteiger partial charge is 0.251 e. The predicted molar refractivity (Wildman–Crippen MR) is 68.6 cm³/mol. The molecule has 2 atom stereocenters. The number of ether oxygens (including phenoxy) is 1. The van der Waals surface area contributed by atoms with Gasteiger partial charge in [0, 0.05) is 24.1 Å². The second kappa shape index (κ2) is 4.61. The fourth-order valence-electron chi connectivity index (χ4n) is 2.38. The Morgan fingerprint density at radius 3 is 2.50 bits per heavy atom. The number of phenolic OH excluding ortho intramolecular Hbond substituents is 1. The molecule has 4 nitrogen and oxygen atoms in total. The van der Waals surface area contributed by atoms with Crippen molar-refractivity contribution in [3.05, 3.63) is 29.8 Å². The van der Waals surface area contributed by atoms with Crippen LogP contribution in [0.2, 0.25) is 0 Å². The summed E-state index contributed by atoms with van der Waals surface area (Å²) in [5, 5.41) is 12.2. The van der Waals surface area contributed by atoms with Crippen molar-refractivity contribution in [1.29, 1.82) is 0 Å². The number of rotatable bonds is 3. The molecule has 1 aromatic rings. The van der Waals surface area contributed by atoms with E-state index >= 15 is 0 Å². The first-order valence-electron chi connectivity index (χ1n) is 6.08. The van der Waals surface area contributed by atoms with Gasteiger partial charge in [0.25, 0.3) is 5.91 Å². The van der Waals surface area contributed by atoms with Gasteiger partial charge in [0.2, 0.25) is 0 Å². The summed E-state index contributed by atoms with van der Waals surface area (Å²) in [6.07, 6.45) is 1.04. The SMILES string of the molecule is COC1CC(NC(=O)c2ccc(O)cc2)C1(C)C. The zero-order valence-electron chi connectivity index (χ0n) is 10.9. The fraction of sp³-hybridized carbons (Fsp3) is 0.500. The number of nitrogens with one attached hydrogen (secondary N) is 1. The maximum atomic E-state index is 12.0. The van der Waals surface area contributed by atoms with Gasteiger partial charge in [-0.05, 0) is 30.7 Å². The van der Waals surface area contributed by atoms with Crippen LogP contribution in [-0.4, -0.2) is 30.3 Å². The highest BCUT2D eigenvalue weighted by Gasteiger charge is 2.49. The molecule has 1 amide bonds. The molecule has 4 heteroatoms. The lowest BCUT2D eigenvalue weighted by Gasteiger charge is -2.51. The number of benzene rings is 1. The normalized spacial score (nSPS) is 25.3. The van der Waals surface area contributed by atoms with Crippen LogP contribution in [0.4, 0.5) is 0 Å². The summed E-state index contributed by atoms with van der Waals surface area (Å²) >= 11 is 0. The molecular weight excluding hydrogens is 230 g/mol. The van der Waals surface area contributed by atoms with Crippen LogP contribution < -0.4 is 5.32 Å². The summed E-state index contributed by atoms with van der Waals surface area (Å²) in [5.74, 6) is 0.0533. The van der Waals surface area contributed by atoms with Gasteiger partial charge in [0.15, 0.2) is 0 Å². The van der Waals surface area contributed by atoms with E-state index in [1.807, 2.05) is 0 Å². The van der Waals surface area contributed by atoms with Crippen molar-refractivity contribution >= 4 is 5.91 Å². The number of aromatic hydroxyl groups is 1. The molecule has 18 heavy (non-hydrogen) atoms. The van der Waals surface area contributed by atoms with Gasteiger partial charge in [-0.15, -0.1) is 0 Å². The molecule has 1 fully saturated rings. The first-order chi connectivity index (χ1) is 8.45. The van der Waals surface area contributed by atoms with Crippen LogP contribution in [0, 0.1) is 5.41 Å². The third-order valence-corrected chi connectivity index (χ3v) is 3.90. The molecule has 2 N–H and O–H groups in total. The quantitative estimate of drug-likeness (QED) is 0.860. The summed E-state index contributed by atoms with van der Waals surface area (Å²) in [6, 6.07) is 6.38. The lowest BCUT2D eigenvalue weighted by Crippen LogP contribution is -2.61. The molecule has 0 heterocycles. The Morgan fingerprint density at radius 2 is 2.00 bits per heavy atom. The molecule has 0 radical (unpaired) electrons. The van der Waals surface area contributed by atoms with Crippen LogP contribution in [0.3, 0.4) is 0 Å². The third-order valence-electron chi connectivity index (χ3n) is 3.90. The first-order valence-corrected chi connectivity index (χ1v) is 6.08. The number of methoxy groups -OCH3 is 1. The summed E-state index contributed by atoms with van der Waals surface area (Å²) in [6.45, 7) is 4.18. The lowest BCUT2D eigenvalue weighted by molar-refractivity contribution is -0.0942. The minimum atomic E-state index is -0.109. The van der Waals surface area contributed by atoms with Crippen LogP contribution in [0.1, 0.15) is 30.6 Å². The monoisotopic (exact) mass is 249 g/mol. The molecule has 0 saturated heterocycles. The molecule has 1 aromatic carbocycles. The van der Waals surface area contributed by atoms with E-state index in [9.17, 15) is 9.90 Å². The van der Waals surface area contributed by atoms with Gasteiger partial charge in [-0.3, -0.25) is 4.79 Å². The Balaban J connectivity index is 1.99. The predicted octanol–water partition coefficient (Wildman–Crippen LogP) is 1.94. The molecule has 2 rings (SSSR count). The highest BCUT2D eigenvalue weighted by Crippen LogP contribution is 2.42. The molecule has 2 unspecified atom stereocenters. The van der Waals surface area contributed by atoms with Crippen molar-refractivity contribution < 1.29 is 14.6 Å². The van der Waals surface area contributed by atoms with E-state index in [-0.39, 0.29) is 29.2 Å². The lowest BCUT2D eigenvalue weighted by atomic mass is 9.64. The van der Waals surface area contributed by atoms with Gasteiger partial charge in [0.05, 0.1) is 6.10 Å². The van der Waals surface area contributed by atoms with Crippen molar-refractivity contribution in [2.75, 3.05) is 7.11 Å². The minimum Gasteiger partial charge on any atom is -0.508 e. The zero-order valence-corrected chi connectivity index (χ0v) is 10.9. The van der Waals surface area contributed by atoms with Crippen LogP contribution in [0.5, 0.6) is 5.75 Å². The van der Waals surface area contributed by atoms with Gasteiger partial charge >= 0.3 is 0 Å². The van der Waals surface area contributed by atoms with Crippen molar-refractivity contribution in [3.63, 3.8) is 0 Å².